The number of hydrogen-bond acceptors (Lipinski definition) is 0. The van der Waals surface area contributed by atoms with Crippen molar-refractivity contribution in [3.63, 3.8) is 0 Å². The summed E-state index contributed by atoms with van der Waals surface area (Å²) < 4.78 is 0. The van der Waals surface area contributed by atoms with Crippen LogP contribution >= 0.6 is 0 Å². The summed E-state index contributed by atoms with van der Waals surface area (Å²) in [7, 11) is 0. The van der Waals surface area contributed by atoms with Gasteiger partial charge in [0.15, 0.2) is 0 Å². The first-order valence-electron chi connectivity index (χ1n) is 4.30. The van der Waals surface area contributed by atoms with Gasteiger partial charge in [-0.2, -0.15) is 0 Å². The van der Waals surface area contributed by atoms with Crippen molar-refractivity contribution in [3.05, 3.63) is 0 Å². The van der Waals surface area contributed by atoms with Crippen molar-refractivity contribution in [1.82, 2.24) is 0 Å². The number of piperidine rings is 1. The molecule has 0 bridgehead atoms. The van der Waals surface area contributed by atoms with Crippen LogP contribution in [0, 0.1) is 5.92 Å². The highest BCUT2D eigenvalue weighted by Gasteiger charge is 2.31. The van der Waals surface area contributed by atoms with Gasteiger partial charge in [-0.25, -0.2) is 0 Å². The molecule has 1 saturated carbocycles. The van der Waals surface area contributed by atoms with Crippen LogP contribution in [-0.4, -0.2) is 12.6 Å². The molecule has 0 unspecified atom stereocenters. The molecule has 9 heavy (non-hydrogen) atoms. The Balaban J connectivity index is 1.97. The molecule has 0 spiro atoms. The van der Waals surface area contributed by atoms with Crippen LogP contribution in [0.4, 0.5) is 0 Å². The van der Waals surface area contributed by atoms with Gasteiger partial charge in [0, 0.05) is 5.92 Å². The molecule has 2 rings (SSSR count). The fraction of sp³-hybridized carbons (Fsp3) is 1.00. The molecule has 52 valence electrons. The van der Waals surface area contributed by atoms with Crippen LogP contribution in [0.3, 0.4) is 0 Å². The lowest BCUT2D eigenvalue weighted by molar-refractivity contribution is -0.702. The van der Waals surface area contributed by atoms with E-state index in [-0.39, 0.29) is 0 Å². The van der Waals surface area contributed by atoms with E-state index in [1.807, 2.05) is 0 Å². The van der Waals surface area contributed by atoms with Gasteiger partial charge in [0.2, 0.25) is 0 Å². The zero-order valence-electron chi connectivity index (χ0n) is 5.97. The molecule has 0 aromatic rings. The number of quaternary nitrogens is 1. The Morgan fingerprint density at radius 1 is 1.00 bits per heavy atom. The van der Waals surface area contributed by atoms with Crippen LogP contribution in [0.2, 0.25) is 0 Å². The highest BCUT2D eigenvalue weighted by Crippen LogP contribution is 2.28. The maximum Gasteiger partial charge on any atom is 0.0887 e. The molecule has 2 atom stereocenters. The standard InChI is InChI=1S/C8H15N/c1-3-7-4-2-6-9-8(7)5-1/h7-9H,1-6H2/p+1/t7-,8-/m1/s1. The molecular weight excluding hydrogens is 110 g/mol. The average molecular weight is 126 g/mol. The minimum Gasteiger partial charge on any atom is -0.344 e. The topological polar surface area (TPSA) is 16.6 Å². The van der Waals surface area contributed by atoms with Crippen LogP contribution in [0.1, 0.15) is 32.1 Å². The lowest BCUT2D eigenvalue weighted by Crippen LogP contribution is -2.92. The normalized spacial score (nSPS) is 42.7. The number of rotatable bonds is 0. The molecule has 0 amide bonds. The molecular formula is C8H16N+. The quantitative estimate of drug-likeness (QED) is 0.487. The van der Waals surface area contributed by atoms with Crippen molar-refractivity contribution in [3.8, 4) is 0 Å². The fourth-order valence-electron chi connectivity index (χ4n) is 2.45. The molecule has 2 fully saturated rings. The SMILES string of the molecule is C1C[NH2+][C@@H]2CCC[C@@H]2C1. The molecule has 2 N–H and O–H groups in total. The van der Waals surface area contributed by atoms with Gasteiger partial charge in [-0.1, -0.05) is 0 Å². The molecule has 1 heteroatoms. The second-order valence-electron chi connectivity index (χ2n) is 3.52. The Kier molecular flexibility index (Phi) is 1.46. The van der Waals surface area contributed by atoms with Crippen molar-refractivity contribution in [1.29, 1.82) is 0 Å². The lowest BCUT2D eigenvalue weighted by Gasteiger charge is -2.22. The summed E-state index contributed by atoms with van der Waals surface area (Å²) in [5, 5.41) is 2.57. The molecule has 0 aromatic carbocycles. The molecule has 2 aliphatic rings. The van der Waals surface area contributed by atoms with Crippen molar-refractivity contribution in [2.75, 3.05) is 6.54 Å². The zero-order chi connectivity index (χ0) is 6.10. The summed E-state index contributed by atoms with van der Waals surface area (Å²) in [4.78, 5) is 0. The number of fused-ring (bicyclic) bond motifs is 1. The monoisotopic (exact) mass is 126 g/mol. The third kappa shape index (κ3) is 0.983. The van der Waals surface area contributed by atoms with Gasteiger partial charge < -0.3 is 5.32 Å². The predicted molar refractivity (Wildman–Crippen MR) is 37.2 cm³/mol. The van der Waals surface area contributed by atoms with Crippen LogP contribution in [0.5, 0.6) is 0 Å². The molecule has 1 saturated heterocycles. The Labute approximate surface area is 56.8 Å². The minimum atomic E-state index is 1.04. The first-order valence-corrected chi connectivity index (χ1v) is 4.30. The van der Waals surface area contributed by atoms with E-state index in [1.165, 1.54) is 38.6 Å². The summed E-state index contributed by atoms with van der Waals surface area (Å²) >= 11 is 0. The molecule has 1 nitrogen and oxygen atoms in total. The highest BCUT2D eigenvalue weighted by atomic mass is 14.9. The maximum absolute atomic E-state index is 2.57. The summed E-state index contributed by atoms with van der Waals surface area (Å²) in [5.41, 5.74) is 0. The van der Waals surface area contributed by atoms with Gasteiger partial charge in [0.1, 0.15) is 0 Å². The Bertz CT molecular complexity index is 88.7. The van der Waals surface area contributed by atoms with Gasteiger partial charge in [-0.3, -0.25) is 0 Å². The zero-order valence-corrected chi connectivity index (χ0v) is 5.97. The van der Waals surface area contributed by atoms with Crippen molar-refractivity contribution >= 4 is 0 Å². The smallest absolute Gasteiger partial charge is 0.0887 e. The summed E-state index contributed by atoms with van der Waals surface area (Å²) in [6.07, 6.45) is 7.54. The Hall–Kier alpha value is -0.0400. The van der Waals surface area contributed by atoms with Crippen LogP contribution in [0.15, 0.2) is 0 Å². The van der Waals surface area contributed by atoms with E-state index in [4.69, 9.17) is 0 Å². The second-order valence-corrected chi connectivity index (χ2v) is 3.52. The molecule has 0 aromatic heterocycles. The maximum atomic E-state index is 2.57. The van der Waals surface area contributed by atoms with Gasteiger partial charge in [-0.05, 0) is 32.1 Å². The minimum absolute atomic E-state index is 1.04. The highest BCUT2D eigenvalue weighted by molar-refractivity contribution is 4.77. The fourth-order valence-corrected chi connectivity index (χ4v) is 2.45. The van der Waals surface area contributed by atoms with Crippen molar-refractivity contribution in [2.24, 2.45) is 5.92 Å². The average Bonchev–Trinajstić information content (AvgIpc) is 2.33. The lowest BCUT2D eigenvalue weighted by atomic mass is 9.94. The molecule has 1 aliphatic carbocycles. The predicted octanol–water partition coefficient (Wildman–Crippen LogP) is 0.512. The van der Waals surface area contributed by atoms with Crippen molar-refractivity contribution in [2.45, 2.75) is 38.1 Å². The van der Waals surface area contributed by atoms with Crippen molar-refractivity contribution < 1.29 is 5.32 Å². The van der Waals surface area contributed by atoms with Gasteiger partial charge in [0.25, 0.3) is 0 Å². The third-order valence-electron chi connectivity index (χ3n) is 2.97. The van der Waals surface area contributed by atoms with E-state index in [0.29, 0.717) is 0 Å². The first kappa shape index (κ1) is 5.72. The molecule has 0 radical (unpaired) electrons. The van der Waals surface area contributed by atoms with Gasteiger partial charge in [-0.15, -0.1) is 0 Å². The molecule has 1 heterocycles. The summed E-state index contributed by atoms with van der Waals surface area (Å²) in [6, 6.07) is 1.04. The van der Waals surface area contributed by atoms with E-state index >= 15 is 0 Å². The third-order valence-corrected chi connectivity index (χ3v) is 2.97. The van der Waals surface area contributed by atoms with E-state index in [9.17, 15) is 0 Å². The van der Waals surface area contributed by atoms with Crippen LogP contribution < -0.4 is 5.32 Å². The number of nitrogens with two attached hydrogens (primary N) is 1. The second kappa shape index (κ2) is 2.30. The number of hydrogen-bond donors (Lipinski definition) is 1. The largest absolute Gasteiger partial charge is 0.344 e. The van der Waals surface area contributed by atoms with Crippen LogP contribution in [-0.2, 0) is 0 Å². The Morgan fingerprint density at radius 2 is 1.89 bits per heavy atom. The van der Waals surface area contributed by atoms with Gasteiger partial charge in [0.05, 0.1) is 12.6 Å². The van der Waals surface area contributed by atoms with E-state index in [2.05, 4.69) is 5.32 Å². The Morgan fingerprint density at radius 3 is 2.78 bits per heavy atom. The summed E-state index contributed by atoms with van der Waals surface area (Å²) in [5.74, 6) is 1.11. The van der Waals surface area contributed by atoms with E-state index in [0.717, 1.165) is 12.0 Å². The molecule has 1 aliphatic heterocycles. The van der Waals surface area contributed by atoms with Gasteiger partial charge >= 0.3 is 0 Å². The van der Waals surface area contributed by atoms with E-state index < -0.39 is 0 Å². The summed E-state index contributed by atoms with van der Waals surface area (Å²) in [6.45, 7) is 1.40. The first-order chi connectivity index (χ1) is 4.47. The van der Waals surface area contributed by atoms with E-state index in [1.54, 1.807) is 0 Å². The van der Waals surface area contributed by atoms with Crippen LogP contribution in [0.25, 0.3) is 0 Å².